The van der Waals surface area contributed by atoms with E-state index in [4.69, 9.17) is 0 Å². The van der Waals surface area contributed by atoms with Gasteiger partial charge in [-0.2, -0.15) is 0 Å². The van der Waals surface area contributed by atoms with Crippen molar-refractivity contribution < 1.29 is 9.50 Å². The molecule has 2 aromatic carbocycles. The predicted molar refractivity (Wildman–Crippen MR) is 175 cm³/mol. The second-order valence-electron chi connectivity index (χ2n) is 12.0. The first-order chi connectivity index (χ1) is 21.8. The quantitative estimate of drug-likeness (QED) is 0.276. The minimum Gasteiger partial charge on any atom is -0.392 e. The summed E-state index contributed by atoms with van der Waals surface area (Å²) in [6.45, 7) is 3.49. The number of nitrogens with zero attached hydrogens (tertiary/aromatic N) is 5. The van der Waals surface area contributed by atoms with Crippen molar-refractivity contribution in [3.8, 4) is 16.8 Å². The summed E-state index contributed by atoms with van der Waals surface area (Å²) in [7, 11) is 3.79. The number of fused-ring (bicyclic) bond motifs is 1. The van der Waals surface area contributed by atoms with Gasteiger partial charge in [-0.3, -0.25) is 14.2 Å². The predicted octanol–water partition coefficient (Wildman–Crippen LogP) is 4.76. The van der Waals surface area contributed by atoms with Gasteiger partial charge in [0, 0.05) is 56.2 Å². The van der Waals surface area contributed by atoms with Crippen molar-refractivity contribution in [3.05, 3.63) is 111 Å². The van der Waals surface area contributed by atoms with Gasteiger partial charge in [0.2, 0.25) is 0 Å². The highest BCUT2D eigenvalue weighted by Gasteiger charge is 2.30. The fraction of sp³-hybridized carbons (Fsp3) is 0.286. The van der Waals surface area contributed by atoms with Crippen LogP contribution in [0.25, 0.3) is 27.6 Å². The Morgan fingerprint density at radius 2 is 1.73 bits per heavy atom. The molecule has 2 fully saturated rings. The number of hydrogen-bond donors (Lipinski definition) is 2. The van der Waals surface area contributed by atoms with Gasteiger partial charge < -0.3 is 24.8 Å². The molecule has 45 heavy (non-hydrogen) atoms. The minimum absolute atomic E-state index is 0.0240. The number of aliphatic hydroxyl groups is 1. The summed E-state index contributed by atoms with van der Waals surface area (Å²) in [5.74, 6) is 0.149. The Kier molecular flexibility index (Phi) is 7.47. The van der Waals surface area contributed by atoms with Crippen LogP contribution in [0.15, 0.2) is 82.6 Å². The van der Waals surface area contributed by atoms with Crippen LogP contribution in [0.5, 0.6) is 0 Å². The van der Waals surface area contributed by atoms with Crippen LogP contribution in [0.4, 0.5) is 21.6 Å². The smallest absolute Gasteiger partial charge is 0.274 e. The van der Waals surface area contributed by atoms with E-state index < -0.39 is 11.4 Å². The van der Waals surface area contributed by atoms with Gasteiger partial charge in [-0.25, -0.2) is 9.37 Å². The van der Waals surface area contributed by atoms with Crippen molar-refractivity contribution in [1.82, 2.24) is 19.0 Å². The van der Waals surface area contributed by atoms with Gasteiger partial charge in [-0.15, -0.1) is 0 Å². The van der Waals surface area contributed by atoms with Crippen LogP contribution in [0.1, 0.15) is 30.0 Å². The lowest BCUT2D eigenvalue weighted by molar-refractivity contribution is 0.282. The van der Waals surface area contributed by atoms with E-state index in [0.29, 0.717) is 39.3 Å². The molecule has 7 rings (SSSR count). The molecule has 4 heterocycles. The van der Waals surface area contributed by atoms with E-state index >= 15 is 0 Å². The maximum absolute atomic E-state index is 14.9. The van der Waals surface area contributed by atoms with Crippen LogP contribution in [0, 0.1) is 5.82 Å². The first kappa shape index (κ1) is 28.9. The number of benzene rings is 2. The third-order valence-electron chi connectivity index (χ3n) is 8.94. The molecule has 0 amide bonds. The highest BCUT2D eigenvalue weighted by molar-refractivity contribution is 5.84. The van der Waals surface area contributed by atoms with Gasteiger partial charge in [-0.05, 0) is 73.2 Å². The number of aromatic nitrogens is 3. The first-order valence-electron chi connectivity index (χ1n) is 15.3. The largest absolute Gasteiger partial charge is 0.392 e. The number of halogens is 1. The number of rotatable bonds is 7. The number of likely N-dealkylation sites (N-methyl/N-ethyl adjacent to an activating group) is 1. The van der Waals surface area contributed by atoms with E-state index in [9.17, 15) is 19.1 Å². The van der Waals surface area contributed by atoms with Gasteiger partial charge in [0.25, 0.3) is 11.1 Å². The maximum Gasteiger partial charge on any atom is 0.274 e. The lowest BCUT2D eigenvalue weighted by atomic mass is 9.98. The molecule has 1 aliphatic carbocycles. The molecule has 0 spiro atoms. The summed E-state index contributed by atoms with van der Waals surface area (Å²) < 4.78 is 18.0. The molecular weight excluding hydrogens is 571 g/mol. The van der Waals surface area contributed by atoms with E-state index in [1.807, 2.05) is 36.5 Å². The molecule has 10 heteroatoms. The molecule has 3 aromatic heterocycles. The van der Waals surface area contributed by atoms with Gasteiger partial charge >= 0.3 is 0 Å². The number of aliphatic hydroxyl groups excluding tert-OH is 1. The lowest BCUT2D eigenvalue weighted by Gasteiger charge is -2.33. The molecule has 1 saturated heterocycles. The molecule has 0 radical (unpaired) electrons. The summed E-state index contributed by atoms with van der Waals surface area (Å²) in [6.07, 6.45) is 5.40. The number of pyridine rings is 3. The summed E-state index contributed by atoms with van der Waals surface area (Å²) in [6, 6.07) is 17.6. The highest BCUT2D eigenvalue weighted by atomic mass is 19.1. The summed E-state index contributed by atoms with van der Waals surface area (Å²) in [4.78, 5) is 36.3. The van der Waals surface area contributed by atoms with Crippen LogP contribution >= 0.6 is 0 Å². The summed E-state index contributed by atoms with van der Waals surface area (Å²) >= 11 is 0. The third-order valence-corrected chi connectivity index (χ3v) is 8.94. The number of anilines is 3. The standard InChI is InChI=1S/C35H35FN6O3/c1-39-13-15-41(16-14-39)25-11-12-32(37-19-25)38-29-17-24(20-40(2)34(29)44)26-6-4-8-30(27(26)21-43)42-31(22-9-10-22)18-23-5-3-7-28(36)33(23)35(42)45/h3-8,11-12,17-20,22,43H,9-10,13-16,21H2,1-2H3,(H,37,38). The Bertz CT molecular complexity index is 2030. The van der Waals surface area contributed by atoms with E-state index in [2.05, 4.69) is 27.1 Å². The second-order valence-corrected chi connectivity index (χ2v) is 12.0. The molecule has 0 atom stereocenters. The fourth-order valence-electron chi connectivity index (χ4n) is 6.29. The minimum atomic E-state index is -0.575. The molecular formula is C35H35FN6O3. The van der Waals surface area contributed by atoms with E-state index in [1.165, 1.54) is 10.6 Å². The Hall–Kier alpha value is -4.80. The van der Waals surface area contributed by atoms with Crippen molar-refractivity contribution >= 4 is 28.0 Å². The Labute approximate surface area is 259 Å². The van der Waals surface area contributed by atoms with Gasteiger partial charge in [-0.1, -0.05) is 24.3 Å². The Morgan fingerprint density at radius 3 is 2.44 bits per heavy atom. The lowest BCUT2D eigenvalue weighted by Crippen LogP contribution is -2.44. The molecule has 0 unspecified atom stereocenters. The first-order valence-corrected chi connectivity index (χ1v) is 15.3. The second kappa shape index (κ2) is 11.6. The van der Waals surface area contributed by atoms with Crippen LogP contribution < -0.4 is 21.3 Å². The molecule has 9 nitrogen and oxygen atoms in total. The molecule has 2 aliphatic rings. The molecule has 230 valence electrons. The van der Waals surface area contributed by atoms with Crippen LogP contribution in [0.3, 0.4) is 0 Å². The monoisotopic (exact) mass is 606 g/mol. The van der Waals surface area contributed by atoms with Crippen molar-refractivity contribution in [2.75, 3.05) is 43.4 Å². The van der Waals surface area contributed by atoms with Gasteiger partial charge in [0.1, 0.15) is 17.3 Å². The van der Waals surface area contributed by atoms with E-state index in [0.717, 1.165) is 50.4 Å². The zero-order valence-electron chi connectivity index (χ0n) is 25.3. The van der Waals surface area contributed by atoms with Crippen molar-refractivity contribution in [2.45, 2.75) is 25.4 Å². The normalized spacial score (nSPS) is 15.5. The molecule has 5 aromatic rings. The van der Waals surface area contributed by atoms with Crippen molar-refractivity contribution in [1.29, 1.82) is 0 Å². The van der Waals surface area contributed by atoms with Gasteiger partial charge in [0.15, 0.2) is 0 Å². The number of hydrogen-bond acceptors (Lipinski definition) is 7. The SMILES string of the molecule is CN1CCN(c2ccc(Nc3cc(-c4cccc(-n5c(C6CC6)cc6cccc(F)c6c5=O)c4CO)cn(C)c3=O)nc2)CC1. The molecule has 2 N–H and O–H groups in total. The number of nitrogens with one attached hydrogen (secondary N) is 1. The Balaban J connectivity index is 1.28. The Morgan fingerprint density at radius 1 is 0.956 bits per heavy atom. The van der Waals surface area contributed by atoms with E-state index in [1.54, 1.807) is 42.1 Å². The fourth-order valence-corrected chi connectivity index (χ4v) is 6.29. The van der Waals surface area contributed by atoms with Gasteiger partial charge in [0.05, 0.1) is 29.6 Å². The third kappa shape index (κ3) is 5.40. The molecule has 1 saturated carbocycles. The number of piperazine rings is 1. The zero-order chi connectivity index (χ0) is 31.2. The summed E-state index contributed by atoms with van der Waals surface area (Å²) in [5, 5.41) is 14.5. The van der Waals surface area contributed by atoms with Crippen molar-refractivity contribution in [3.63, 3.8) is 0 Å². The number of aryl methyl sites for hydroxylation is 1. The molecule has 1 aliphatic heterocycles. The summed E-state index contributed by atoms with van der Waals surface area (Å²) in [5.41, 5.74) is 3.83. The van der Waals surface area contributed by atoms with Crippen LogP contribution in [0.2, 0.25) is 0 Å². The average Bonchev–Trinajstić information content (AvgIpc) is 3.89. The van der Waals surface area contributed by atoms with Crippen molar-refractivity contribution in [2.24, 2.45) is 7.05 Å². The zero-order valence-corrected chi connectivity index (χ0v) is 25.3. The highest BCUT2D eigenvalue weighted by Crippen LogP contribution is 2.42. The van der Waals surface area contributed by atoms with E-state index in [-0.39, 0.29) is 23.5 Å². The average molecular weight is 607 g/mol. The topological polar surface area (TPSA) is 95.6 Å². The van der Waals surface area contributed by atoms with Crippen LogP contribution in [-0.4, -0.2) is 57.4 Å². The maximum atomic E-state index is 14.9. The molecule has 0 bridgehead atoms. The van der Waals surface area contributed by atoms with Crippen LogP contribution in [-0.2, 0) is 13.7 Å².